The highest BCUT2D eigenvalue weighted by Crippen LogP contribution is 2.34. The molecule has 1 aromatic rings. The molecular weight excluding hydrogens is 304 g/mol. The largest absolute Gasteiger partial charge is 0.469 e. The third kappa shape index (κ3) is 4.69. The Bertz CT molecular complexity index is 556. The van der Waals surface area contributed by atoms with Gasteiger partial charge in [-0.2, -0.15) is 0 Å². The Hall–Kier alpha value is -1.62. The Balaban J connectivity index is 1.30. The zero-order valence-electron chi connectivity index (χ0n) is 14.6. The number of aromatic nitrogens is 1. The topological polar surface area (TPSA) is 60.5 Å². The third-order valence-corrected chi connectivity index (χ3v) is 5.06. The van der Waals surface area contributed by atoms with Crippen LogP contribution in [0.25, 0.3) is 0 Å². The number of esters is 1. The fourth-order valence-corrected chi connectivity index (χ4v) is 3.47. The zero-order valence-corrected chi connectivity index (χ0v) is 14.6. The van der Waals surface area contributed by atoms with Crippen LogP contribution < -0.4 is 5.32 Å². The van der Waals surface area contributed by atoms with Crippen molar-refractivity contribution in [1.29, 1.82) is 0 Å². The number of carbonyl (C=O) groups is 1. The highest BCUT2D eigenvalue weighted by Gasteiger charge is 2.29. The van der Waals surface area contributed by atoms with Crippen LogP contribution in [-0.2, 0) is 27.1 Å². The van der Waals surface area contributed by atoms with E-state index in [4.69, 9.17) is 9.72 Å². The van der Waals surface area contributed by atoms with E-state index in [1.165, 1.54) is 31.2 Å². The summed E-state index contributed by atoms with van der Waals surface area (Å²) in [6.07, 6.45) is 8.45. The number of pyridine rings is 1. The normalized spacial score (nSPS) is 22.2. The minimum absolute atomic E-state index is 0.155. The van der Waals surface area contributed by atoms with Gasteiger partial charge in [-0.15, -0.1) is 0 Å². The number of ether oxygens (including phenoxy) is 2. The SMILES string of the molecule is COC(=O)CCCO[C@H]1C[C@@H](CCc2ccc3c(n2)NCCC3)C1. The van der Waals surface area contributed by atoms with Crippen molar-refractivity contribution >= 4 is 11.8 Å². The highest BCUT2D eigenvalue weighted by atomic mass is 16.5. The number of hydrogen-bond donors (Lipinski definition) is 1. The number of hydrogen-bond acceptors (Lipinski definition) is 5. The number of nitrogens with one attached hydrogen (secondary N) is 1. The minimum Gasteiger partial charge on any atom is -0.469 e. The molecule has 0 aromatic carbocycles. The summed E-state index contributed by atoms with van der Waals surface area (Å²) in [7, 11) is 1.42. The van der Waals surface area contributed by atoms with Crippen molar-refractivity contribution < 1.29 is 14.3 Å². The van der Waals surface area contributed by atoms with Gasteiger partial charge in [-0.25, -0.2) is 4.98 Å². The molecule has 1 N–H and O–H groups in total. The van der Waals surface area contributed by atoms with Crippen molar-refractivity contribution in [3.8, 4) is 0 Å². The molecule has 0 atom stereocenters. The van der Waals surface area contributed by atoms with Crippen molar-refractivity contribution in [3.63, 3.8) is 0 Å². The molecule has 24 heavy (non-hydrogen) atoms. The molecule has 0 radical (unpaired) electrons. The molecule has 1 fully saturated rings. The van der Waals surface area contributed by atoms with E-state index in [9.17, 15) is 4.79 Å². The molecule has 1 saturated carbocycles. The Labute approximate surface area is 144 Å². The van der Waals surface area contributed by atoms with Crippen LogP contribution in [0.5, 0.6) is 0 Å². The summed E-state index contributed by atoms with van der Waals surface area (Å²) in [5.74, 6) is 1.69. The molecule has 0 saturated heterocycles. The van der Waals surface area contributed by atoms with Crippen molar-refractivity contribution in [3.05, 3.63) is 23.4 Å². The number of aryl methyl sites for hydroxylation is 2. The van der Waals surface area contributed by atoms with Crippen LogP contribution in [-0.4, -0.2) is 37.3 Å². The first kappa shape index (κ1) is 17.2. The lowest BCUT2D eigenvalue weighted by Crippen LogP contribution is -2.32. The van der Waals surface area contributed by atoms with E-state index in [-0.39, 0.29) is 5.97 Å². The maximum Gasteiger partial charge on any atom is 0.305 e. The summed E-state index contributed by atoms with van der Waals surface area (Å²) >= 11 is 0. The number of carbonyl (C=O) groups excluding carboxylic acids is 1. The van der Waals surface area contributed by atoms with Crippen LogP contribution in [0.3, 0.4) is 0 Å². The average molecular weight is 332 g/mol. The summed E-state index contributed by atoms with van der Waals surface area (Å²) in [6, 6.07) is 4.42. The van der Waals surface area contributed by atoms with Gasteiger partial charge in [0, 0.05) is 25.3 Å². The Kier molecular flexibility index (Phi) is 6.07. The molecule has 1 aliphatic carbocycles. The lowest BCUT2D eigenvalue weighted by molar-refractivity contribution is -0.141. The molecule has 1 aromatic heterocycles. The van der Waals surface area contributed by atoms with Gasteiger partial charge in [0.1, 0.15) is 5.82 Å². The first-order valence-corrected chi connectivity index (χ1v) is 9.15. The molecule has 1 aliphatic heterocycles. The standard InChI is InChI=1S/C19H28N2O3/c1-23-18(22)5-3-11-24-17-12-14(13-17)6-8-16-9-7-15-4-2-10-20-19(15)21-16/h7,9,14,17H,2-6,8,10-13H2,1H3,(H,20,21)/t14-,17+. The molecule has 3 rings (SSSR count). The van der Waals surface area contributed by atoms with Crippen molar-refractivity contribution in [1.82, 2.24) is 4.98 Å². The average Bonchev–Trinajstić information content (AvgIpc) is 2.58. The van der Waals surface area contributed by atoms with Crippen LogP contribution in [0, 0.1) is 5.92 Å². The molecule has 2 heterocycles. The third-order valence-electron chi connectivity index (χ3n) is 5.06. The van der Waals surface area contributed by atoms with Gasteiger partial charge in [0.15, 0.2) is 0 Å². The minimum atomic E-state index is -0.155. The number of methoxy groups -OCH3 is 1. The van der Waals surface area contributed by atoms with E-state index in [1.54, 1.807) is 0 Å². The molecular formula is C19H28N2O3. The molecule has 5 heteroatoms. The molecule has 0 unspecified atom stereocenters. The van der Waals surface area contributed by atoms with Crippen molar-refractivity contribution in [2.75, 3.05) is 25.6 Å². The number of rotatable bonds is 8. The second-order valence-corrected chi connectivity index (χ2v) is 6.89. The van der Waals surface area contributed by atoms with Crippen LogP contribution in [0.2, 0.25) is 0 Å². The van der Waals surface area contributed by atoms with E-state index in [0.717, 1.165) is 50.4 Å². The van der Waals surface area contributed by atoms with E-state index >= 15 is 0 Å². The number of nitrogens with zero attached hydrogens (tertiary/aromatic N) is 1. The molecule has 0 spiro atoms. The van der Waals surface area contributed by atoms with Crippen molar-refractivity contribution in [2.45, 2.75) is 57.5 Å². The summed E-state index contributed by atoms with van der Waals surface area (Å²) in [5, 5.41) is 3.40. The summed E-state index contributed by atoms with van der Waals surface area (Å²) in [5.41, 5.74) is 2.56. The smallest absolute Gasteiger partial charge is 0.305 e. The van der Waals surface area contributed by atoms with Gasteiger partial charge >= 0.3 is 5.97 Å². The second-order valence-electron chi connectivity index (χ2n) is 6.89. The molecule has 2 aliphatic rings. The molecule has 5 nitrogen and oxygen atoms in total. The van der Waals surface area contributed by atoms with E-state index in [0.29, 0.717) is 19.1 Å². The Morgan fingerprint density at radius 3 is 3.08 bits per heavy atom. The fraction of sp³-hybridized carbons (Fsp3) is 0.684. The molecule has 0 amide bonds. The van der Waals surface area contributed by atoms with Crippen LogP contribution in [0.15, 0.2) is 12.1 Å². The van der Waals surface area contributed by atoms with Gasteiger partial charge < -0.3 is 14.8 Å². The zero-order chi connectivity index (χ0) is 16.8. The second kappa shape index (κ2) is 8.47. The molecule has 0 bridgehead atoms. The Morgan fingerprint density at radius 1 is 1.38 bits per heavy atom. The monoisotopic (exact) mass is 332 g/mol. The maximum atomic E-state index is 11.0. The first-order valence-electron chi connectivity index (χ1n) is 9.15. The highest BCUT2D eigenvalue weighted by molar-refractivity contribution is 5.68. The lowest BCUT2D eigenvalue weighted by Gasteiger charge is -2.35. The van der Waals surface area contributed by atoms with Gasteiger partial charge in [-0.05, 0) is 62.5 Å². The number of anilines is 1. The summed E-state index contributed by atoms with van der Waals surface area (Å²) in [6.45, 7) is 1.70. The van der Waals surface area contributed by atoms with Gasteiger partial charge in [0.25, 0.3) is 0 Å². The Morgan fingerprint density at radius 2 is 2.25 bits per heavy atom. The van der Waals surface area contributed by atoms with Gasteiger partial charge in [0.2, 0.25) is 0 Å². The van der Waals surface area contributed by atoms with Crippen LogP contribution in [0.4, 0.5) is 5.82 Å². The maximum absolute atomic E-state index is 11.0. The predicted molar refractivity (Wildman–Crippen MR) is 93.1 cm³/mol. The van der Waals surface area contributed by atoms with Gasteiger partial charge in [-0.3, -0.25) is 4.79 Å². The molecule has 132 valence electrons. The van der Waals surface area contributed by atoms with Crippen LogP contribution >= 0.6 is 0 Å². The van der Waals surface area contributed by atoms with Gasteiger partial charge in [-0.1, -0.05) is 6.07 Å². The quantitative estimate of drug-likeness (QED) is 0.585. The van der Waals surface area contributed by atoms with E-state index < -0.39 is 0 Å². The predicted octanol–water partition coefficient (Wildman–Crippen LogP) is 3.12. The van der Waals surface area contributed by atoms with Gasteiger partial charge in [0.05, 0.1) is 13.2 Å². The number of fused-ring (bicyclic) bond motifs is 1. The van der Waals surface area contributed by atoms with E-state index in [1.807, 2.05) is 0 Å². The van der Waals surface area contributed by atoms with Crippen LogP contribution in [0.1, 0.15) is 49.8 Å². The lowest BCUT2D eigenvalue weighted by atomic mass is 9.79. The summed E-state index contributed by atoms with van der Waals surface area (Å²) < 4.78 is 10.4. The first-order chi connectivity index (χ1) is 11.7. The van der Waals surface area contributed by atoms with E-state index in [2.05, 4.69) is 22.2 Å². The summed E-state index contributed by atoms with van der Waals surface area (Å²) in [4.78, 5) is 15.8. The van der Waals surface area contributed by atoms with Crippen molar-refractivity contribution in [2.24, 2.45) is 5.92 Å². The fourth-order valence-electron chi connectivity index (χ4n) is 3.47.